The molecular formula is C13H22N4. The fraction of sp³-hybridized carbons (Fsp3) is 0.846. The Morgan fingerprint density at radius 2 is 1.82 bits per heavy atom. The van der Waals surface area contributed by atoms with Crippen molar-refractivity contribution in [3.8, 4) is 0 Å². The van der Waals surface area contributed by atoms with Crippen LogP contribution in [-0.2, 0) is 0 Å². The summed E-state index contributed by atoms with van der Waals surface area (Å²) in [6, 6.07) is 0.701. The molecule has 3 rings (SSSR count). The lowest BCUT2D eigenvalue weighted by Gasteiger charge is -2.27. The van der Waals surface area contributed by atoms with Crippen LogP contribution in [0.3, 0.4) is 0 Å². The molecule has 94 valence electrons. The molecule has 2 fully saturated rings. The molecule has 0 aromatic carbocycles. The molecule has 0 amide bonds. The molecule has 0 spiro atoms. The van der Waals surface area contributed by atoms with Crippen molar-refractivity contribution < 1.29 is 0 Å². The normalized spacial score (nSPS) is 29.5. The van der Waals surface area contributed by atoms with Gasteiger partial charge in [0.15, 0.2) is 0 Å². The van der Waals surface area contributed by atoms with Gasteiger partial charge in [0, 0.05) is 12.0 Å². The van der Waals surface area contributed by atoms with Gasteiger partial charge in [0.1, 0.15) is 11.6 Å². The molecule has 1 aromatic rings. The van der Waals surface area contributed by atoms with E-state index in [9.17, 15) is 0 Å². The van der Waals surface area contributed by atoms with Gasteiger partial charge in [-0.25, -0.2) is 0 Å². The van der Waals surface area contributed by atoms with E-state index in [-0.39, 0.29) is 0 Å². The van der Waals surface area contributed by atoms with Crippen LogP contribution in [0.1, 0.15) is 62.1 Å². The molecule has 2 N–H and O–H groups in total. The lowest BCUT2D eigenvalue weighted by Crippen LogP contribution is -2.22. The Morgan fingerprint density at radius 1 is 1.12 bits per heavy atom. The van der Waals surface area contributed by atoms with Crippen molar-refractivity contribution in [3.05, 3.63) is 11.6 Å². The molecule has 1 aromatic heterocycles. The first-order valence-electron chi connectivity index (χ1n) is 6.91. The van der Waals surface area contributed by atoms with Crippen molar-refractivity contribution in [2.45, 2.75) is 57.4 Å². The van der Waals surface area contributed by atoms with Crippen LogP contribution in [-0.4, -0.2) is 21.3 Å². The number of aryl methyl sites for hydroxylation is 1. The molecular weight excluding hydrogens is 212 g/mol. The molecule has 1 heterocycles. The molecule has 4 heteroatoms. The number of hydrogen-bond donors (Lipinski definition) is 1. The van der Waals surface area contributed by atoms with E-state index in [0.717, 1.165) is 18.3 Å². The molecule has 4 nitrogen and oxygen atoms in total. The minimum Gasteiger partial charge on any atom is -0.330 e. The van der Waals surface area contributed by atoms with Crippen LogP contribution < -0.4 is 5.73 Å². The Labute approximate surface area is 103 Å². The molecule has 0 aliphatic heterocycles. The van der Waals surface area contributed by atoms with Crippen LogP contribution in [0.5, 0.6) is 0 Å². The van der Waals surface area contributed by atoms with Gasteiger partial charge in [-0.3, -0.25) is 0 Å². The van der Waals surface area contributed by atoms with Gasteiger partial charge < -0.3 is 10.3 Å². The van der Waals surface area contributed by atoms with Gasteiger partial charge in [-0.05, 0) is 57.9 Å². The van der Waals surface area contributed by atoms with Gasteiger partial charge in [-0.1, -0.05) is 0 Å². The second-order valence-electron chi connectivity index (χ2n) is 5.66. The van der Waals surface area contributed by atoms with Crippen LogP contribution in [0.15, 0.2) is 0 Å². The molecule has 2 aliphatic carbocycles. The van der Waals surface area contributed by atoms with E-state index in [1.165, 1.54) is 44.3 Å². The number of hydrogen-bond acceptors (Lipinski definition) is 3. The minimum absolute atomic E-state index is 0.625. The second kappa shape index (κ2) is 4.41. The van der Waals surface area contributed by atoms with Gasteiger partial charge in [0.25, 0.3) is 0 Å². The number of rotatable bonds is 3. The van der Waals surface area contributed by atoms with E-state index in [1.54, 1.807) is 0 Å². The third kappa shape index (κ3) is 2.10. The summed E-state index contributed by atoms with van der Waals surface area (Å²) >= 11 is 0. The van der Waals surface area contributed by atoms with Gasteiger partial charge in [-0.2, -0.15) is 0 Å². The van der Waals surface area contributed by atoms with Gasteiger partial charge >= 0.3 is 0 Å². The van der Waals surface area contributed by atoms with E-state index >= 15 is 0 Å². The van der Waals surface area contributed by atoms with Gasteiger partial charge in [0.2, 0.25) is 0 Å². The van der Waals surface area contributed by atoms with E-state index in [1.807, 2.05) is 0 Å². The van der Waals surface area contributed by atoms with Crippen molar-refractivity contribution in [1.29, 1.82) is 0 Å². The Hall–Kier alpha value is -0.900. The van der Waals surface area contributed by atoms with Crippen molar-refractivity contribution in [3.63, 3.8) is 0 Å². The average molecular weight is 234 g/mol. The summed E-state index contributed by atoms with van der Waals surface area (Å²) in [6.07, 6.45) is 7.63. The van der Waals surface area contributed by atoms with E-state index < -0.39 is 0 Å². The predicted octanol–water partition coefficient (Wildman–Crippen LogP) is 2.15. The monoisotopic (exact) mass is 234 g/mol. The first-order chi connectivity index (χ1) is 8.29. The zero-order valence-electron chi connectivity index (χ0n) is 10.6. The topological polar surface area (TPSA) is 56.7 Å². The third-order valence-corrected chi connectivity index (χ3v) is 4.35. The van der Waals surface area contributed by atoms with Crippen LogP contribution >= 0.6 is 0 Å². The van der Waals surface area contributed by atoms with Crippen LogP contribution in [0.25, 0.3) is 0 Å². The SMILES string of the molecule is Cc1nnc(C2CCC(CN)CC2)n1C1CC1. The first kappa shape index (κ1) is 11.2. The summed E-state index contributed by atoms with van der Waals surface area (Å²) in [5.74, 6) is 3.72. The fourth-order valence-electron chi connectivity index (χ4n) is 3.10. The van der Waals surface area contributed by atoms with E-state index in [2.05, 4.69) is 21.7 Å². The van der Waals surface area contributed by atoms with Crippen LogP contribution in [0.2, 0.25) is 0 Å². The average Bonchev–Trinajstić information content (AvgIpc) is 3.13. The molecule has 17 heavy (non-hydrogen) atoms. The highest BCUT2D eigenvalue weighted by Crippen LogP contribution is 2.41. The molecule has 0 bridgehead atoms. The molecule has 0 atom stereocenters. The Morgan fingerprint density at radius 3 is 2.41 bits per heavy atom. The molecule has 2 aliphatic rings. The maximum absolute atomic E-state index is 5.75. The highest BCUT2D eigenvalue weighted by molar-refractivity contribution is 5.07. The summed E-state index contributed by atoms with van der Waals surface area (Å²) in [7, 11) is 0. The summed E-state index contributed by atoms with van der Waals surface area (Å²) in [5.41, 5.74) is 5.75. The lowest BCUT2D eigenvalue weighted by molar-refractivity contribution is 0.319. The quantitative estimate of drug-likeness (QED) is 0.872. The summed E-state index contributed by atoms with van der Waals surface area (Å²) < 4.78 is 2.40. The van der Waals surface area contributed by atoms with Gasteiger partial charge in [-0.15, -0.1) is 10.2 Å². The Bertz CT molecular complexity index is 386. The highest BCUT2D eigenvalue weighted by Gasteiger charge is 2.32. The maximum Gasteiger partial charge on any atom is 0.136 e. The molecule has 2 saturated carbocycles. The van der Waals surface area contributed by atoms with Crippen molar-refractivity contribution >= 4 is 0 Å². The first-order valence-corrected chi connectivity index (χ1v) is 6.91. The summed E-state index contributed by atoms with van der Waals surface area (Å²) in [5, 5.41) is 8.71. The summed E-state index contributed by atoms with van der Waals surface area (Å²) in [4.78, 5) is 0. The zero-order valence-corrected chi connectivity index (χ0v) is 10.6. The number of nitrogens with zero attached hydrogens (tertiary/aromatic N) is 3. The summed E-state index contributed by atoms with van der Waals surface area (Å²) in [6.45, 7) is 2.93. The largest absolute Gasteiger partial charge is 0.330 e. The zero-order chi connectivity index (χ0) is 11.8. The van der Waals surface area contributed by atoms with Crippen LogP contribution in [0.4, 0.5) is 0 Å². The fourth-order valence-corrected chi connectivity index (χ4v) is 3.10. The Balaban J connectivity index is 1.76. The minimum atomic E-state index is 0.625. The van der Waals surface area contributed by atoms with E-state index in [4.69, 9.17) is 5.73 Å². The molecule has 0 radical (unpaired) electrons. The van der Waals surface area contributed by atoms with Crippen molar-refractivity contribution in [2.24, 2.45) is 11.7 Å². The highest BCUT2D eigenvalue weighted by atomic mass is 15.3. The smallest absolute Gasteiger partial charge is 0.136 e. The van der Waals surface area contributed by atoms with Gasteiger partial charge in [0.05, 0.1) is 0 Å². The number of nitrogens with two attached hydrogens (primary N) is 1. The maximum atomic E-state index is 5.75. The van der Waals surface area contributed by atoms with Crippen molar-refractivity contribution in [1.82, 2.24) is 14.8 Å². The van der Waals surface area contributed by atoms with Crippen molar-refractivity contribution in [2.75, 3.05) is 6.54 Å². The predicted molar refractivity (Wildman–Crippen MR) is 66.8 cm³/mol. The number of aromatic nitrogens is 3. The third-order valence-electron chi connectivity index (χ3n) is 4.35. The second-order valence-corrected chi connectivity index (χ2v) is 5.66. The van der Waals surface area contributed by atoms with Crippen LogP contribution in [0, 0.1) is 12.8 Å². The lowest BCUT2D eigenvalue weighted by atomic mass is 9.81. The molecule has 0 saturated heterocycles. The molecule has 0 unspecified atom stereocenters. The standard InChI is InChI=1S/C13H22N4/c1-9-15-16-13(17(9)12-6-7-12)11-4-2-10(8-14)3-5-11/h10-12H,2-8,14H2,1H3. The Kier molecular flexibility index (Phi) is 2.90. The van der Waals surface area contributed by atoms with E-state index in [0.29, 0.717) is 12.0 Å².